The Bertz CT molecular complexity index is 1110. The highest BCUT2D eigenvalue weighted by Gasteiger charge is 2.26. The van der Waals surface area contributed by atoms with Crippen molar-refractivity contribution in [1.29, 1.82) is 0 Å². The standard InChI is InChI=1S/C26H34N6O6/c1-3-27(4-2)14-5-15-30(26(34)21-6-8-23(9-7-21)31(35)36)20-25(33)29-18-16-28(17-19-29)22-10-12-24(13-11-22)32(37)38/h6-13H,3-5,14-20H2,1-2H3. The van der Waals surface area contributed by atoms with Crippen LogP contribution in [-0.2, 0) is 4.79 Å². The van der Waals surface area contributed by atoms with E-state index in [1.807, 2.05) is 0 Å². The summed E-state index contributed by atoms with van der Waals surface area (Å²) in [6, 6.07) is 11.8. The van der Waals surface area contributed by atoms with E-state index >= 15 is 0 Å². The lowest BCUT2D eigenvalue weighted by Gasteiger charge is -2.37. The molecule has 1 aliphatic rings. The Hall–Kier alpha value is -4.06. The Balaban J connectivity index is 1.63. The highest BCUT2D eigenvalue weighted by atomic mass is 16.6. The molecule has 0 N–H and O–H groups in total. The lowest BCUT2D eigenvalue weighted by atomic mass is 10.1. The number of non-ortho nitro benzene ring substituents is 2. The van der Waals surface area contributed by atoms with E-state index in [2.05, 4.69) is 23.6 Å². The molecule has 12 nitrogen and oxygen atoms in total. The molecular formula is C26H34N6O6. The van der Waals surface area contributed by atoms with E-state index in [-0.39, 0.29) is 29.7 Å². The molecule has 1 aliphatic heterocycles. The van der Waals surface area contributed by atoms with Crippen LogP contribution in [-0.4, -0.2) is 95.3 Å². The molecule has 2 aromatic carbocycles. The van der Waals surface area contributed by atoms with Crippen molar-refractivity contribution in [2.45, 2.75) is 20.3 Å². The molecule has 0 saturated carbocycles. The van der Waals surface area contributed by atoms with Gasteiger partial charge >= 0.3 is 0 Å². The molecule has 0 aromatic heterocycles. The lowest BCUT2D eigenvalue weighted by Crippen LogP contribution is -2.52. The van der Waals surface area contributed by atoms with Gasteiger partial charge in [0.15, 0.2) is 0 Å². The van der Waals surface area contributed by atoms with Gasteiger partial charge in [0.1, 0.15) is 6.54 Å². The Labute approximate surface area is 221 Å². The average molecular weight is 527 g/mol. The van der Waals surface area contributed by atoms with Crippen LogP contribution in [0.3, 0.4) is 0 Å². The minimum Gasteiger partial charge on any atom is -0.368 e. The summed E-state index contributed by atoms with van der Waals surface area (Å²) in [5.74, 6) is -0.497. The molecule has 0 atom stereocenters. The van der Waals surface area contributed by atoms with E-state index in [0.29, 0.717) is 44.7 Å². The first-order chi connectivity index (χ1) is 18.2. The normalized spacial score (nSPS) is 13.4. The number of carbonyl (C=O) groups is 2. The van der Waals surface area contributed by atoms with E-state index in [9.17, 15) is 29.8 Å². The summed E-state index contributed by atoms with van der Waals surface area (Å²) in [6.45, 7) is 9.11. The van der Waals surface area contributed by atoms with Crippen molar-refractivity contribution < 1.29 is 19.4 Å². The summed E-state index contributed by atoms with van der Waals surface area (Å²) < 4.78 is 0. The van der Waals surface area contributed by atoms with Gasteiger partial charge in [0, 0.05) is 68.2 Å². The number of nitro benzene ring substituents is 2. The summed E-state index contributed by atoms with van der Waals surface area (Å²) in [5, 5.41) is 21.9. The summed E-state index contributed by atoms with van der Waals surface area (Å²) >= 11 is 0. The van der Waals surface area contributed by atoms with Gasteiger partial charge in [-0.2, -0.15) is 0 Å². The van der Waals surface area contributed by atoms with Crippen molar-refractivity contribution in [2.24, 2.45) is 0 Å². The van der Waals surface area contributed by atoms with Crippen molar-refractivity contribution in [3.05, 3.63) is 74.3 Å². The van der Waals surface area contributed by atoms with E-state index in [1.165, 1.54) is 41.3 Å². The Morgan fingerprint density at radius 3 is 1.84 bits per heavy atom. The Kier molecular flexibility index (Phi) is 10.1. The Morgan fingerprint density at radius 1 is 0.816 bits per heavy atom. The van der Waals surface area contributed by atoms with E-state index < -0.39 is 9.85 Å². The smallest absolute Gasteiger partial charge is 0.269 e. The molecule has 38 heavy (non-hydrogen) atoms. The fourth-order valence-corrected chi connectivity index (χ4v) is 4.45. The third-order valence-electron chi connectivity index (χ3n) is 6.79. The number of hydrogen-bond acceptors (Lipinski definition) is 8. The van der Waals surface area contributed by atoms with Gasteiger partial charge in [0.05, 0.1) is 9.85 Å². The molecule has 0 radical (unpaired) electrons. The van der Waals surface area contributed by atoms with Crippen molar-refractivity contribution in [1.82, 2.24) is 14.7 Å². The van der Waals surface area contributed by atoms with Gasteiger partial charge in [0.2, 0.25) is 5.91 Å². The van der Waals surface area contributed by atoms with Gasteiger partial charge in [-0.05, 0) is 50.3 Å². The van der Waals surface area contributed by atoms with E-state index in [1.54, 1.807) is 17.0 Å². The molecule has 1 fully saturated rings. The Morgan fingerprint density at radius 2 is 1.34 bits per heavy atom. The predicted octanol–water partition coefficient (Wildman–Crippen LogP) is 3.03. The molecule has 1 saturated heterocycles. The molecule has 0 unspecified atom stereocenters. The summed E-state index contributed by atoms with van der Waals surface area (Å²) in [7, 11) is 0. The minimum absolute atomic E-state index is 0.0290. The molecule has 0 aliphatic carbocycles. The minimum atomic E-state index is -0.518. The SMILES string of the molecule is CCN(CC)CCCN(CC(=O)N1CCN(c2ccc([N+](=O)[O-])cc2)CC1)C(=O)c1ccc([N+](=O)[O-])cc1. The number of hydrogen-bond donors (Lipinski definition) is 0. The first kappa shape index (κ1) is 28.5. The van der Waals surface area contributed by atoms with Crippen LogP contribution in [0, 0.1) is 20.2 Å². The van der Waals surface area contributed by atoms with Crippen LogP contribution in [0.5, 0.6) is 0 Å². The molecule has 2 amide bonds. The second-order valence-corrected chi connectivity index (χ2v) is 9.05. The number of nitrogens with zero attached hydrogens (tertiary/aromatic N) is 6. The molecule has 3 rings (SSSR count). The first-order valence-corrected chi connectivity index (χ1v) is 12.8. The van der Waals surface area contributed by atoms with Crippen LogP contribution < -0.4 is 4.90 Å². The zero-order valence-electron chi connectivity index (χ0n) is 21.8. The zero-order chi connectivity index (χ0) is 27.7. The van der Waals surface area contributed by atoms with Gasteiger partial charge < -0.3 is 19.6 Å². The van der Waals surface area contributed by atoms with Crippen molar-refractivity contribution in [2.75, 3.05) is 63.8 Å². The van der Waals surface area contributed by atoms with Crippen LogP contribution in [0.25, 0.3) is 0 Å². The maximum absolute atomic E-state index is 13.3. The second kappa shape index (κ2) is 13.5. The third-order valence-corrected chi connectivity index (χ3v) is 6.79. The van der Waals surface area contributed by atoms with Gasteiger partial charge in [-0.1, -0.05) is 13.8 Å². The number of benzene rings is 2. The lowest BCUT2D eigenvalue weighted by molar-refractivity contribution is -0.385. The average Bonchev–Trinajstić information content (AvgIpc) is 2.94. The van der Waals surface area contributed by atoms with Crippen LogP contribution in [0.15, 0.2) is 48.5 Å². The third kappa shape index (κ3) is 7.48. The van der Waals surface area contributed by atoms with Crippen molar-refractivity contribution in [3.8, 4) is 0 Å². The fraction of sp³-hybridized carbons (Fsp3) is 0.462. The number of anilines is 1. The molecule has 12 heteroatoms. The van der Waals surface area contributed by atoms with Gasteiger partial charge in [-0.15, -0.1) is 0 Å². The molecular weight excluding hydrogens is 492 g/mol. The van der Waals surface area contributed by atoms with Crippen molar-refractivity contribution >= 4 is 28.9 Å². The number of nitro groups is 2. The van der Waals surface area contributed by atoms with Gasteiger partial charge in [-0.25, -0.2) is 0 Å². The highest BCUT2D eigenvalue weighted by Crippen LogP contribution is 2.21. The predicted molar refractivity (Wildman–Crippen MR) is 143 cm³/mol. The summed E-state index contributed by atoms with van der Waals surface area (Å²) in [4.78, 5) is 55.0. The number of amides is 2. The zero-order valence-corrected chi connectivity index (χ0v) is 21.8. The molecule has 0 bridgehead atoms. The van der Waals surface area contributed by atoms with Crippen LogP contribution in [0.4, 0.5) is 17.1 Å². The van der Waals surface area contributed by atoms with E-state index in [0.717, 1.165) is 25.3 Å². The summed E-state index contributed by atoms with van der Waals surface area (Å²) in [6.07, 6.45) is 0.696. The number of rotatable bonds is 12. The van der Waals surface area contributed by atoms with Crippen LogP contribution in [0.1, 0.15) is 30.6 Å². The maximum Gasteiger partial charge on any atom is 0.269 e. The van der Waals surface area contributed by atoms with Crippen LogP contribution >= 0.6 is 0 Å². The second-order valence-electron chi connectivity index (χ2n) is 9.05. The number of carbonyl (C=O) groups excluding carboxylic acids is 2. The van der Waals surface area contributed by atoms with Gasteiger partial charge in [0.25, 0.3) is 17.3 Å². The quantitative estimate of drug-likeness (QED) is 0.304. The molecule has 204 valence electrons. The van der Waals surface area contributed by atoms with Crippen LogP contribution in [0.2, 0.25) is 0 Å². The highest BCUT2D eigenvalue weighted by molar-refractivity contribution is 5.96. The van der Waals surface area contributed by atoms with Crippen molar-refractivity contribution in [3.63, 3.8) is 0 Å². The first-order valence-electron chi connectivity index (χ1n) is 12.8. The number of piperazine rings is 1. The molecule has 1 heterocycles. The van der Waals surface area contributed by atoms with Gasteiger partial charge in [-0.3, -0.25) is 29.8 Å². The topological polar surface area (TPSA) is 133 Å². The monoisotopic (exact) mass is 526 g/mol. The largest absolute Gasteiger partial charge is 0.368 e. The van der Waals surface area contributed by atoms with E-state index in [4.69, 9.17) is 0 Å². The maximum atomic E-state index is 13.3. The molecule has 0 spiro atoms. The summed E-state index contributed by atoms with van der Waals surface area (Å²) in [5.41, 5.74) is 1.08. The molecule has 2 aromatic rings. The fourth-order valence-electron chi connectivity index (χ4n) is 4.45.